The Kier molecular flexibility index (Phi) is 4.37. The predicted molar refractivity (Wildman–Crippen MR) is 70.1 cm³/mol. The van der Waals surface area contributed by atoms with Gasteiger partial charge in [0.25, 0.3) is 0 Å². The van der Waals surface area contributed by atoms with Crippen LogP contribution in [0.15, 0.2) is 18.2 Å². The van der Waals surface area contributed by atoms with Gasteiger partial charge in [-0.15, -0.1) is 0 Å². The van der Waals surface area contributed by atoms with Crippen molar-refractivity contribution in [3.8, 4) is 5.75 Å². The van der Waals surface area contributed by atoms with Crippen molar-refractivity contribution in [2.24, 2.45) is 5.92 Å². The van der Waals surface area contributed by atoms with Gasteiger partial charge in [0.2, 0.25) is 5.91 Å². The first-order valence-electron chi connectivity index (χ1n) is 6.51. The van der Waals surface area contributed by atoms with Crippen molar-refractivity contribution >= 4 is 5.91 Å². The van der Waals surface area contributed by atoms with E-state index in [1.54, 1.807) is 7.05 Å². The van der Waals surface area contributed by atoms with Crippen LogP contribution in [-0.2, 0) is 11.3 Å². The minimum absolute atomic E-state index is 0.0716. The van der Waals surface area contributed by atoms with Crippen LogP contribution in [0.2, 0.25) is 0 Å². The second-order valence-corrected chi connectivity index (χ2v) is 4.94. The van der Waals surface area contributed by atoms with Crippen LogP contribution in [0.25, 0.3) is 0 Å². The van der Waals surface area contributed by atoms with Gasteiger partial charge in [0, 0.05) is 25.1 Å². The van der Waals surface area contributed by atoms with Crippen molar-refractivity contribution < 1.29 is 14.3 Å². The number of hydrogen-bond acceptors (Lipinski definition) is 3. The van der Waals surface area contributed by atoms with Gasteiger partial charge in [-0.25, -0.2) is 4.39 Å². The molecule has 2 rings (SSSR count). The molecule has 0 radical (unpaired) electrons. The Labute approximate surface area is 112 Å². The van der Waals surface area contributed by atoms with Crippen LogP contribution in [0, 0.1) is 11.7 Å². The van der Waals surface area contributed by atoms with Crippen molar-refractivity contribution in [3.63, 3.8) is 0 Å². The quantitative estimate of drug-likeness (QED) is 0.871. The summed E-state index contributed by atoms with van der Waals surface area (Å²) in [6.07, 6.45) is 1.60. The highest BCUT2D eigenvalue weighted by atomic mass is 19.1. The third-order valence-corrected chi connectivity index (χ3v) is 3.64. The van der Waals surface area contributed by atoms with Gasteiger partial charge in [0.15, 0.2) is 0 Å². The Morgan fingerprint density at radius 1 is 1.47 bits per heavy atom. The molecule has 0 unspecified atom stereocenters. The van der Waals surface area contributed by atoms with E-state index in [1.807, 2.05) is 0 Å². The maximum atomic E-state index is 13.1. The van der Waals surface area contributed by atoms with Crippen LogP contribution in [0.4, 0.5) is 4.39 Å². The number of hydrogen-bond donors (Lipinski definition) is 2. The molecule has 0 aliphatic carbocycles. The number of nitrogens with one attached hydrogen (secondary N) is 1. The summed E-state index contributed by atoms with van der Waals surface area (Å²) in [6, 6.07) is 3.98. The van der Waals surface area contributed by atoms with E-state index in [1.165, 1.54) is 18.2 Å². The zero-order valence-corrected chi connectivity index (χ0v) is 11.0. The average molecular weight is 266 g/mol. The molecule has 1 fully saturated rings. The Balaban J connectivity index is 1.92. The van der Waals surface area contributed by atoms with E-state index >= 15 is 0 Å². The topological polar surface area (TPSA) is 52.6 Å². The van der Waals surface area contributed by atoms with Crippen molar-refractivity contribution in [1.29, 1.82) is 0 Å². The van der Waals surface area contributed by atoms with Gasteiger partial charge in [-0.2, -0.15) is 0 Å². The summed E-state index contributed by atoms with van der Waals surface area (Å²) >= 11 is 0. The number of rotatable bonds is 3. The summed E-state index contributed by atoms with van der Waals surface area (Å²) in [5.41, 5.74) is 0.596. The maximum absolute atomic E-state index is 13.1. The molecule has 0 atom stereocenters. The van der Waals surface area contributed by atoms with E-state index in [2.05, 4.69) is 10.2 Å². The summed E-state index contributed by atoms with van der Waals surface area (Å²) < 4.78 is 13.1. The van der Waals surface area contributed by atoms with Crippen LogP contribution in [-0.4, -0.2) is 36.1 Å². The molecular weight excluding hydrogens is 247 g/mol. The molecule has 0 bridgehead atoms. The third kappa shape index (κ3) is 3.44. The fourth-order valence-electron chi connectivity index (χ4n) is 2.48. The van der Waals surface area contributed by atoms with Crippen molar-refractivity contribution in [3.05, 3.63) is 29.6 Å². The second-order valence-electron chi connectivity index (χ2n) is 4.94. The van der Waals surface area contributed by atoms with E-state index < -0.39 is 0 Å². The van der Waals surface area contributed by atoms with Crippen LogP contribution >= 0.6 is 0 Å². The molecule has 1 aliphatic heterocycles. The molecule has 1 aliphatic rings. The number of piperidine rings is 1. The lowest BCUT2D eigenvalue weighted by Gasteiger charge is -2.31. The molecule has 1 aromatic rings. The molecule has 1 heterocycles. The van der Waals surface area contributed by atoms with Crippen molar-refractivity contribution in [2.45, 2.75) is 19.4 Å². The molecule has 19 heavy (non-hydrogen) atoms. The van der Waals surface area contributed by atoms with Gasteiger partial charge in [-0.05, 0) is 44.1 Å². The fourth-order valence-corrected chi connectivity index (χ4v) is 2.48. The van der Waals surface area contributed by atoms with E-state index in [9.17, 15) is 14.3 Å². The van der Waals surface area contributed by atoms with E-state index in [4.69, 9.17) is 0 Å². The van der Waals surface area contributed by atoms with E-state index in [0.29, 0.717) is 12.1 Å². The largest absolute Gasteiger partial charge is 0.508 e. The minimum Gasteiger partial charge on any atom is -0.508 e. The minimum atomic E-state index is -0.340. The standard InChI is InChI=1S/C14H19FN2O2/c1-16-14(19)10-4-6-17(7-5-10)9-11-8-12(15)2-3-13(11)18/h2-3,8,10,18H,4-7,9H2,1H3,(H,16,19). The zero-order valence-electron chi connectivity index (χ0n) is 11.0. The number of carbonyl (C=O) groups excluding carboxylic acids is 1. The summed E-state index contributed by atoms with van der Waals surface area (Å²) in [4.78, 5) is 13.6. The SMILES string of the molecule is CNC(=O)C1CCN(Cc2cc(F)ccc2O)CC1. The number of nitrogens with zero attached hydrogens (tertiary/aromatic N) is 1. The summed E-state index contributed by atoms with van der Waals surface area (Å²) in [5, 5.41) is 12.4. The number of phenols is 1. The molecule has 0 spiro atoms. The normalized spacial score (nSPS) is 17.4. The number of halogens is 1. The molecule has 5 heteroatoms. The van der Waals surface area contributed by atoms with Gasteiger partial charge < -0.3 is 10.4 Å². The highest BCUT2D eigenvalue weighted by Crippen LogP contribution is 2.23. The zero-order chi connectivity index (χ0) is 13.8. The van der Waals surface area contributed by atoms with Crippen LogP contribution in [0.1, 0.15) is 18.4 Å². The molecule has 2 N–H and O–H groups in total. The number of aromatic hydroxyl groups is 1. The van der Waals surface area contributed by atoms with E-state index in [-0.39, 0.29) is 23.4 Å². The summed E-state index contributed by atoms with van der Waals surface area (Å²) in [7, 11) is 1.65. The lowest BCUT2D eigenvalue weighted by atomic mass is 9.95. The van der Waals surface area contributed by atoms with Gasteiger partial charge in [-0.1, -0.05) is 0 Å². The van der Waals surface area contributed by atoms with Crippen molar-refractivity contribution in [2.75, 3.05) is 20.1 Å². The van der Waals surface area contributed by atoms with Gasteiger partial charge >= 0.3 is 0 Å². The number of benzene rings is 1. The smallest absolute Gasteiger partial charge is 0.222 e. The summed E-state index contributed by atoms with van der Waals surface area (Å²) in [5.74, 6) is -0.0570. The molecule has 0 saturated carbocycles. The number of phenolic OH excluding ortho intramolecular Hbond substituents is 1. The predicted octanol–water partition coefficient (Wildman–Crippen LogP) is 1.49. The molecule has 0 aromatic heterocycles. The first-order chi connectivity index (χ1) is 9.10. The van der Waals surface area contributed by atoms with Crippen LogP contribution < -0.4 is 5.32 Å². The Bertz CT molecular complexity index is 457. The van der Waals surface area contributed by atoms with Gasteiger partial charge in [-0.3, -0.25) is 9.69 Å². The number of carbonyl (C=O) groups is 1. The average Bonchev–Trinajstić information content (AvgIpc) is 2.43. The fraction of sp³-hybridized carbons (Fsp3) is 0.500. The Morgan fingerprint density at radius 2 is 2.16 bits per heavy atom. The first kappa shape index (κ1) is 13.8. The first-order valence-corrected chi connectivity index (χ1v) is 6.51. The molecular formula is C14H19FN2O2. The van der Waals surface area contributed by atoms with Crippen molar-refractivity contribution in [1.82, 2.24) is 10.2 Å². The van der Waals surface area contributed by atoms with Crippen LogP contribution in [0.5, 0.6) is 5.75 Å². The number of likely N-dealkylation sites (tertiary alicyclic amines) is 1. The Morgan fingerprint density at radius 3 is 2.79 bits per heavy atom. The second kappa shape index (κ2) is 6.02. The van der Waals surface area contributed by atoms with Gasteiger partial charge in [0.1, 0.15) is 11.6 Å². The number of amides is 1. The van der Waals surface area contributed by atoms with Crippen LogP contribution in [0.3, 0.4) is 0 Å². The highest BCUT2D eigenvalue weighted by Gasteiger charge is 2.24. The third-order valence-electron chi connectivity index (χ3n) is 3.64. The lowest BCUT2D eigenvalue weighted by Crippen LogP contribution is -2.39. The molecule has 1 aromatic carbocycles. The Hall–Kier alpha value is -1.62. The maximum Gasteiger partial charge on any atom is 0.222 e. The molecule has 1 saturated heterocycles. The monoisotopic (exact) mass is 266 g/mol. The van der Waals surface area contributed by atoms with E-state index in [0.717, 1.165) is 25.9 Å². The molecule has 4 nitrogen and oxygen atoms in total. The highest BCUT2D eigenvalue weighted by molar-refractivity contribution is 5.78. The summed E-state index contributed by atoms with van der Waals surface area (Å²) in [6.45, 7) is 2.09. The molecule has 1 amide bonds. The lowest BCUT2D eigenvalue weighted by molar-refractivity contribution is -0.125. The molecule has 104 valence electrons. The van der Waals surface area contributed by atoms with Gasteiger partial charge in [0.05, 0.1) is 0 Å².